The smallest absolute Gasteiger partial charge is 0.410 e. The van der Waals surface area contributed by atoms with Gasteiger partial charge in [0.2, 0.25) is 0 Å². The van der Waals surface area contributed by atoms with Crippen LogP contribution in [0.3, 0.4) is 0 Å². The summed E-state index contributed by atoms with van der Waals surface area (Å²) in [5.41, 5.74) is 2.35. The maximum absolute atomic E-state index is 12.2. The van der Waals surface area contributed by atoms with E-state index in [1.54, 1.807) is 18.2 Å². The summed E-state index contributed by atoms with van der Waals surface area (Å²) in [7, 11) is 1.65. The van der Waals surface area contributed by atoms with Gasteiger partial charge in [0.15, 0.2) is 0 Å². The molecule has 0 radical (unpaired) electrons. The highest BCUT2D eigenvalue weighted by molar-refractivity contribution is 5.93. The minimum absolute atomic E-state index is 0.249. The molecule has 1 amide bonds. The zero-order valence-electron chi connectivity index (χ0n) is 14.6. The fraction of sp³-hybridized carbons (Fsp3) is 0.529. The van der Waals surface area contributed by atoms with E-state index in [1.807, 2.05) is 33.0 Å². The van der Waals surface area contributed by atoms with Crippen LogP contribution in [0.2, 0.25) is 0 Å². The number of nitrogens with one attached hydrogen (secondary N) is 1. The van der Waals surface area contributed by atoms with E-state index in [9.17, 15) is 4.79 Å². The van der Waals surface area contributed by atoms with Crippen LogP contribution in [-0.4, -0.2) is 59.9 Å². The lowest BCUT2D eigenvalue weighted by atomic mass is 10.2. The van der Waals surface area contributed by atoms with Crippen LogP contribution in [0.1, 0.15) is 20.8 Å². The Hall–Kier alpha value is -2.44. The van der Waals surface area contributed by atoms with Crippen LogP contribution < -0.4 is 9.64 Å². The van der Waals surface area contributed by atoms with Crippen LogP contribution in [0.25, 0.3) is 11.0 Å². The lowest BCUT2D eigenvalue weighted by Gasteiger charge is -2.36. The number of H-pyrrole nitrogens is 1. The Kier molecular flexibility index (Phi) is 4.26. The van der Waals surface area contributed by atoms with Gasteiger partial charge in [0, 0.05) is 44.6 Å². The Morgan fingerprint density at radius 1 is 1.25 bits per heavy atom. The number of ether oxygens (including phenoxy) is 2. The SMILES string of the molecule is COc1ccnc2c(N3CCN(C(=O)OC(C)(C)C)CC3)c[nH]c12. The molecule has 3 heterocycles. The molecule has 1 aliphatic heterocycles. The molecule has 7 nitrogen and oxygen atoms in total. The Bertz CT molecular complexity index is 727. The fourth-order valence-corrected chi connectivity index (χ4v) is 2.85. The molecular weight excluding hydrogens is 308 g/mol. The van der Waals surface area contributed by atoms with E-state index in [4.69, 9.17) is 9.47 Å². The van der Waals surface area contributed by atoms with Crippen molar-refractivity contribution in [1.29, 1.82) is 0 Å². The molecule has 1 aliphatic rings. The number of nitrogens with zero attached hydrogens (tertiary/aromatic N) is 3. The van der Waals surface area contributed by atoms with E-state index in [0.717, 1.165) is 35.6 Å². The van der Waals surface area contributed by atoms with Crippen LogP contribution in [0.4, 0.5) is 10.5 Å². The first-order valence-corrected chi connectivity index (χ1v) is 8.12. The van der Waals surface area contributed by atoms with Gasteiger partial charge in [0.25, 0.3) is 0 Å². The highest BCUT2D eigenvalue weighted by atomic mass is 16.6. The zero-order valence-corrected chi connectivity index (χ0v) is 14.6. The van der Waals surface area contributed by atoms with Crippen LogP contribution in [0.5, 0.6) is 5.75 Å². The lowest BCUT2D eigenvalue weighted by Crippen LogP contribution is -2.50. The maximum atomic E-state index is 12.2. The number of carbonyl (C=O) groups is 1. The molecule has 0 unspecified atom stereocenters. The molecule has 1 fully saturated rings. The number of amides is 1. The van der Waals surface area contributed by atoms with Gasteiger partial charge >= 0.3 is 6.09 Å². The predicted octanol–water partition coefficient (Wildman–Crippen LogP) is 2.63. The Labute approximate surface area is 141 Å². The van der Waals surface area contributed by atoms with E-state index >= 15 is 0 Å². The van der Waals surface area contributed by atoms with Crippen molar-refractivity contribution in [3.05, 3.63) is 18.5 Å². The summed E-state index contributed by atoms with van der Waals surface area (Å²) in [5.74, 6) is 0.777. The van der Waals surface area contributed by atoms with E-state index in [0.29, 0.717) is 13.1 Å². The molecule has 0 aromatic carbocycles. The van der Waals surface area contributed by atoms with Gasteiger partial charge in [-0.05, 0) is 20.8 Å². The van der Waals surface area contributed by atoms with Crippen LogP contribution in [0, 0.1) is 0 Å². The van der Waals surface area contributed by atoms with Crippen molar-refractivity contribution in [2.45, 2.75) is 26.4 Å². The molecule has 7 heteroatoms. The summed E-state index contributed by atoms with van der Waals surface area (Å²) >= 11 is 0. The molecule has 3 rings (SSSR count). The molecule has 0 aliphatic carbocycles. The van der Waals surface area contributed by atoms with Gasteiger partial charge in [0.05, 0.1) is 12.8 Å². The van der Waals surface area contributed by atoms with E-state index in [2.05, 4.69) is 14.9 Å². The second kappa shape index (κ2) is 6.22. The third-order valence-corrected chi connectivity index (χ3v) is 4.00. The third-order valence-electron chi connectivity index (χ3n) is 4.00. The van der Waals surface area contributed by atoms with Gasteiger partial charge < -0.3 is 24.3 Å². The number of carbonyl (C=O) groups excluding carboxylic acids is 1. The molecule has 1 saturated heterocycles. The summed E-state index contributed by atoms with van der Waals surface area (Å²) in [6, 6.07) is 1.84. The van der Waals surface area contributed by atoms with Gasteiger partial charge in [-0.25, -0.2) is 4.79 Å². The van der Waals surface area contributed by atoms with E-state index < -0.39 is 5.60 Å². The average Bonchev–Trinajstić information content (AvgIpc) is 2.97. The fourth-order valence-electron chi connectivity index (χ4n) is 2.85. The van der Waals surface area contributed by atoms with Crippen molar-refractivity contribution < 1.29 is 14.3 Å². The van der Waals surface area contributed by atoms with Crippen molar-refractivity contribution in [2.75, 3.05) is 38.2 Å². The third kappa shape index (κ3) is 3.25. The number of methoxy groups -OCH3 is 1. The van der Waals surface area contributed by atoms with Gasteiger partial charge in [-0.1, -0.05) is 0 Å². The molecule has 2 aromatic heterocycles. The number of rotatable bonds is 2. The number of hydrogen-bond acceptors (Lipinski definition) is 5. The van der Waals surface area contributed by atoms with Crippen LogP contribution >= 0.6 is 0 Å². The molecule has 0 saturated carbocycles. The summed E-state index contributed by atoms with van der Waals surface area (Å²) in [6.45, 7) is 8.39. The highest BCUT2D eigenvalue weighted by Crippen LogP contribution is 2.31. The zero-order chi connectivity index (χ0) is 17.3. The van der Waals surface area contributed by atoms with Crippen molar-refractivity contribution >= 4 is 22.8 Å². The summed E-state index contributed by atoms with van der Waals surface area (Å²) in [5, 5.41) is 0. The molecular formula is C17H24N4O3. The van der Waals surface area contributed by atoms with Gasteiger partial charge in [0.1, 0.15) is 22.4 Å². The Morgan fingerprint density at radius 3 is 2.58 bits per heavy atom. The van der Waals surface area contributed by atoms with Crippen LogP contribution in [0.15, 0.2) is 18.5 Å². The molecule has 24 heavy (non-hydrogen) atoms. The molecule has 1 N–H and O–H groups in total. The standard InChI is InChI=1S/C17H24N4O3/c1-17(2,3)24-16(22)21-9-7-20(8-10-21)12-11-19-15-13(23-4)5-6-18-14(12)15/h5-6,11,19H,7-10H2,1-4H3. The predicted molar refractivity (Wildman–Crippen MR) is 92.7 cm³/mol. The minimum Gasteiger partial charge on any atom is -0.494 e. The Morgan fingerprint density at radius 2 is 1.96 bits per heavy atom. The number of piperazine rings is 1. The quantitative estimate of drug-likeness (QED) is 0.915. The maximum Gasteiger partial charge on any atom is 0.410 e. The monoisotopic (exact) mass is 332 g/mol. The first kappa shape index (κ1) is 16.4. The van der Waals surface area contributed by atoms with Gasteiger partial charge in [-0.3, -0.25) is 4.98 Å². The van der Waals surface area contributed by atoms with Gasteiger partial charge in [-0.15, -0.1) is 0 Å². The van der Waals surface area contributed by atoms with E-state index in [-0.39, 0.29) is 6.09 Å². The largest absolute Gasteiger partial charge is 0.494 e. The molecule has 0 bridgehead atoms. The number of hydrogen-bond donors (Lipinski definition) is 1. The lowest BCUT2D eigenvalue weighted by molar-refractivity contribution is 0.0241. The second-order valence-electron chi connectivity index (χ2n) is 6.87. The number of aromatic nitrogens is 2. The number of aromatic amines is 1. The number of fused-ring (bicyclic) bond motifs is 1. The minimum atomic E-state index is -0.467. The first-order valence-electron chi connectivity index (χ1n) is 8.12. The van der Waals surface area contributed by atoms with Crippen molar-refractivity contribution in [3.8, 4) is 5.75 Å². The number of pyridine rings is 1. The Balaban J connectivity index is 1.70. The highest BCUT2D eigenvalue weighted by Gasteiger charge is 2.27. The second-order valence-corrected chi connectivity index (χ2v) is 6.87. The van der Waals surface area contributed by atoms with Crippen molar-refractivity contribution in [2.24, 2.45) is 0 Å². The summed E-state index contributed by atoms with van der Waals surface area (Å²) < 4.78 is 10.8. The normalized spacial score (nSPS) is 15.7. The summed E-state index contributed by atoms with van der Waals surface area (Å²) in [6.07, 6.45) is 3.44. The summed E-state index contributed by atoms with van der Waals surface area (Å²) in [4.78, 5) is 23.8. The molecule has 0 atom stereocenters. The average molecular weight is 332 g/mol. The van der Waals surface area contributed by atoms with Crippen LogP contribution in [-0.2, 0) is 4.74 Å². The van der Waals surface area contributed by atoms with Crippen molar-refractivity contribution in [3.63, 3.8) is 0 Å². The first-order chi connectivity index (χ1) is 11.4. The molecule has 2 aromatic rings. The molecule has 130 valence electrons. The molecule has 0 spiro atoms. The van der Waals surface area contributed by atoms with Crippen molar-refractivity contribution in [1.82, 2.24) is 14.9 Å². The topological polar surface area (TPSA) is 70.7 Å². The van der Waals surface area contributed by atoms with E-state index in [1.165, 1.54) is 0 Å². The van der Waals surface area contributed by atoms with Gasteiger partial charge in [-0.2, -0.15) is 0 Å². The number of anilines is 1.